The maximum Gasteiger partial charge on any atom is 0.314 e. The zero-order valence-electron chi connectivity index (χ0n) is 14.4. The number of urea groups is 1. The molecule has 0 aromatic carbocycles. The van der Waals surface area contributed by atoms with E-state index < -0.39 is 0 Å². The SMILES string of the molecule is CC(C)CN1CCO[C@H](CNC(=O)NCCc2cnn(C)c2)C1. The van der Waals surface area contributed by atoms with Gasteiger partial charge in [0.25, 0.3) is 0 Å². The molecular formula is C16H29N5O2. The van der Waals surface area contributed by atoms with Gasteiger partial charge in [-0.15, -0.1) is 0 Å². The smallest absolute Gasteiger partial charge is 0.314 e. The lowest BCUT2D eigenvalue weighted by Gasteiger charge is -2.33. The van der Waals surface area contributed by atoms with Gasteiger partial charge >= 0.3 is 6.03 Å². The Balaban J connectivity index is 1.60. The van der Waals surface area contributed by atoms with Crippen molar-refractivity contribution in [2.24, 2.45) is 13.0 Å². The molecule has 1 aliphatic rings. The Morgan fingerprint density at radius 3 is 3.00 bits per heavy atom. The summed E-state index contributed by atoms with van der Waals surface area (Å²) >= 11 is 0. The highest BCUT2D eigenvalue weighted by Gasteiger charge is 2.21. The van der Waals surface area contributed by atoms with Gasteiger partial charge in [0.05, 0.1) is 18.9 Å². The molecule has 7 nitrogen and oxygen atoms in total. The van der Waals surface area contributed by atoms with E-state index in [4.69, 9.17) is 4.74 Å². The second-order valence-corrected chi connectivity index (χ2v) is 6.56. The van der Waals surface area contributed by atoms with Crippen LogP contribution in [-0.2, 0) is 18.2 Å². The molecule has 1 atom stereocenters. The summed E-state index contributed by atoms with van der Waals surface area (Å²) in [6.45, 7) is 9.27. The normalized spacial score (nSPS) is 19.0. The van der Waals surface area contributed by atoms with Crippen LogP contribution in [0.25, 0.3) is 0 Å². The van der Waals surface area contributed by atoms with Gasteiger partial charge in [0.2, 0.25) is 0 Å². The van der Waals surface area contributed by atoms with Crippen molar-refractivity contribution in [3.05, 3.63) is 18.0 Å². The van der Waals surface area contributed by atoms with Gasteiger partial charge in [0, 0.05) is 46.0 Å². The summed E-state index contributed by atoms with van der Waals surface area (Å²) in [7, 11) is 1.89. The van der Waals surface area contributed by atoms with Gasteiger partial charge in [0.15, 0.2) is 0 Å². The third-order valence-electron chi connectivity index (χ3n) is 3.79. The standard InChI is InChI=1S/C16H29N5O2/c1-13(2)10-21-6-7-23-15(12-21)9-18-16(22)17-5-4-14-8-19-20(3)11-14/h8,11,13,15H,4-7,9-10,12H2,1-3H3,(H2,17,18,22)/t15-/m1/s1. The van der Waals surface area contributed by atoms with Crippen LogP contribution in [0.4, 0.5) is 4.79 Å². The van der Waals surface area contributed by atoms with Crippen molar-refractivity contribution in [1.29, 1.82) is 0 Å². The van der Waals surface area contributed by atoms with E-state index >= 15 is 0 Å². The maximum absolute atomic E-state index is 11.8. The molecule has 2 rings (SSSR count). The number of morpholine rings is 1. The monoisotopic (exact) mass is 323 g/mol. The predicted octanol–water partition coefficient (Wildman–Crippen LogP) is 0.619. The first-order valence-corrected chi connectivity index (χ1v) is 8.36. The minimum absolute atomic E-state index is 0.0755. The third-order valence-corrected chi connectivity index (χ3v) is 3.79. The van der Waals surface area contributed by atoms with E-state index in [0.29, 0.717) is 19.0 Å². The van der Waals surface area contributed by atoms with Crippen LogP contribution in [0.15, 0.2) is 12.4 Å². The van der Waals surface area contributed by atoms with Crippen molar-refractivity contribution in [3.63, 3.8) is 0 Å². The Morgan fingerprint density at radius 1 is 1.48 bits per heavy atom. The molecule has 130 valence electrons. The fourth-order valence-corrected chi connectivity index (χ4v) is 2.78. The third kappa shape index (κ3) is 6.58. The first kappa shape index (κ1) is 17.7. The molecule has 7 heteroatoms. The molecule has 0 spiro atoms. The van der Waals surface area contributed by atoms with Crippen molar-refractivity contribution in [2.75, 3.05) is 39.3 Å². The highest BCUT2D eigenvalue weighted by Crippen LogP contribution is 2.07. The highest BCUT2D eigenvalue weighted by atomic mass is 16.5. The lowest BCUT2D eigenvalue weighted by atomic mass is 10.2. The van der Waals surface area contributed by atoms with Gasteiger partial charge in [-0.2, -0.15) is 5.10 Å². The van der Waals surface area contributed by atoms with Crippen molar-refractivity contribution < 1.29 is 9.53 Å². The van der Waals surface area contributed by atoms with Gasteiger partial charge in [-0.1, -0.05) is 13.8 Å². The second kappa shape index (κ2) is 8.88. The molecule has 1 aromatic heterocycles. The second-order valence-electron chi connectivity index (χ2n) is 6.56. The number of aryl methyl sites for hydroxylation is 1. The van der Waals surface area contributed by atoms with E-state index in [2.05, 4.69) is 34.5 Å². The van der Waals surface area contributed by atoms with Gasteiger partial charge in [0.1, 0.15) is 0 Å². The minimum atomic E-state index is -0.140. The van der Waals surface area contributed by atoms with Crippen molar-refractivity contribution in [2.45, 2.75) is 26.4 Å². The van der Waals surface area contributed by atoms with Crippen LogP contribution in [0, 0.1) is 5.92 Å². The number of rotatable bonds is 7. The lowest BCUT2D eigenvalue weighted by molar-refractivity contribution is -0.0290. The molecule has 0 radical (unpaired) electrons. The molecule has 1 fully saturated rings. The fourth-order valence-electron chi connectivity index (χ4n) is 2.78. The Labute approximate surface area is 138 Å². The minimum Gasteiger partial charge on any atom is -0.374 e. The maximum atomic E-state index is 11.8. The summed E-state index contributed by atoms with van der Waals surface area (Å²) in [5, 5.41) is 9.87. The van der Waals surface area contributed by atoms with Crippen LogP contribution >= 0.6 is 0 Å². The van der Waals surface area contributed by atoms with Crippen molar-refractivity contribution >= 4 is 6.03 Å². The zero-order chi connectivity index (χ0) is 16.7. The molecule has 0 saturated carbocycles. The average Bonchev–Trinajstić information content (AvgIpc) is 2.90. The highest BCUT2D eigenvalue weighted by molar-refractivity contribution is 5.73. The number of hydrogen-bond acceptors (Lipinski definition) is 4. The van der Waals surface area contributed by atoms with Crippen LogP contribution in [0.1, 0.15) is 19.4 Å². The zero-order valence-corrected chi connectivity index (χ0v) is 14.4. The van der Waals surface area contributed by atoms with E-state index in [9.17, 15) is 4.79 Å². The number of nitrogens with zero attached hydrogens (tertiary/aromatic N) is 3. The molecular weight excluding hydrogens is 294 g/mol. The quantitative estimate of drug-likeness (QED) is 0.772. The Morgan fingerprint density at radius 2 is 2.30 bits per heavy atom. The summed E-state index contributed by atoms with van der Waals surface area (Å²) in [5.41, 5.74) is 1.12. The van der Waals surface area contributed by atoms with Gasteiger partial charge in [-0.25, -0.2) is 4.79 Å². The largest absolute Gasteiger partial charge is 0.374 e. The molecule has 1 aliphatic heterocycles. The van der Waals surface area contributed by atoms with Crippen LogP contribution in [-0.4, -0.2) is 66.1 Å². The first-order valence-electron chi connectivity index (χ1n) is 8.36. The van der Waals surface area contributed by atoms with Crippen molar-refractivity contribution in [3.8, 4) is 0 Å². The number of carbonyl (C=O) groups excluding carboxylic acids is 1. The Bertz CT molecular complexity index is 489. The van der Waals surface area contributed by atoms with Crippen LogP contribution in [0.2, 0.25) is 0 Å². The number of carbonyl (C=O) groups is 1. The number of ether oxygens (including phenoxy) is 1. The number of hydrogen-bond donors (Lipinski definition) is 2. The van der Waals surface area contributed by atoms with Crippen molar-refractivity contribution in [1.82, 2.24) is 25.3 Å². The molecule has 1 saturated heterocycles. The molecule has 0 bridgehead atoms. The first-order chi connectivity index (χ1) is 11.0. The Kier molecular flexibility index (Phi) is 6.85. The van der Waals surface area contributed by atoms with Crippen LogP contribution in [0.5, 0.6) is 0 Å². The summed E-state index contributed by atoms with van der Waals surface area (Å²) in [6.07, 6.45) is 4.63. The van der Waals surface area contributed by atoms with E-state index in [1.54, 1.807) is 4.68 Å². The summed E-state index contributed by atoms with van der Waals surface area (Å²) in [5.74, 6) is 0.650. The number of nitrogens with one attached hydrogen (secondary N) is 2. The summed E-state index contributed by atoms with van der Waals surface area (Å²) in [6, 6.07) is -0.140. The van der Waals surface area contributed by atoms with Gasteiger partial charge in [-0.3, -0.25) is 9.58 Å². The van der Waals surface area contributed by atoms with E-state index in [1.807, 2.05) is 19.4 Å². The van der Waals surface area contributed by atoms with Crippen LogP contribution in [0.3, 0.4) is 0 Å². The summed E-state index contributed by atoms with van der Waals surface area (Å²) < 4.78 is 7.48. The molecule has 2 N–H and O–H groups in total. The molecule has 2 amide bonds. The van der Waals surface area contributed by atoms with Gasteiger partial charge in [-0.05, 0) is 17.9 Å². The number of aromatic nitrogens is 2. The average molecular weight is 323 g/mol. The molecule has 1 aromatic rings. The predicted molar refractivity (Wildman–Crippen MR) is 89.3 cm³/mol. The topological polar surface area (TPSA) is 71.4 Å². The molecule has 23 heavy (non-hydrogen) atoms. The van der Waals surface area contributed by atoms with Crippen LogP contribution < -0.4 is 10.6 Å². The van der Waals surface area contributed by atoms with E-state index in [0.717, 1.165) is 38.2 Å². The molecule has 0 unspecified atom stereocenters. The lowest BCUT2D eigenvalue weighted by Crippen LogP contribution is -2.49. The van der Waals surface area contributed by atoms with E-state index in [1.165, 1.54) is 0 Å². The van der Waals surface area contributed by atoms with Gasteiger partial charge < -0.3 is 15.4 Å². The fraction of sp³-hybridized carbons (Fsp3) is 0.750. The van der Waals surface area contributed by atoms with E-state index in [-0.39, 0.29) is 12.1 Å². The number of amides is 2. The molecule has 0 aliphatic carbocycles. The Hall–Kier alpha value is -1.60. The summed E-state index contributed by atoms with van der Waals surface area (Å²) in [4.78, 5) is 14.2. The molecule has 2 heterocycles.